The topological polar surface area (TPSA) is 79.3 Å². The van der Waals surface area contributed by atoms with E-state index in [-0.39, 0.29) is 16.7 Å². The first-order chi connectivity index (χ1) is 20.6. The van der Waals surface area contributed by atoms with E-state index in [9.17, 15) is 14.7 Å². The van der Waals surface area contributed by atoms with Gasteiger partial charge in [0.05, 0.1) is 24.8 Å². The third-order valence-electron chi connectivity index (χ3n) is 8.30. The van der Waals surface area contributed by atoms with Crippen LogP contribution in [0, 0.1) is 6.92 Å². The summed E-state index contributed by atoms with van der Waals surface area (Å²) in [5.41, 5.74) is 4.40. The molecule has 2 fully saturated rings. The molecular formula is C36H42N2O5. The number of carbonyl (C=O) groups excluding carboxylic acids is 2. The zero-order valence-corrected chi connectivity index (χ0v) is 25.6. The van der Waals surface area contributed by atoms with Crippen molar-refractivity contribution in [2.75, 3.05) is 39.4 Å². The van der Waals surface area contributed by atoms with E-state index in [0.29, 0.717) is 37.7 Å². The SMILES string of the molecule is Cc1cc(C(O)=C2C(=O)C(=O)N(CCCN3CCOCC3)[C@H]2c2ccc(C(C)(C)C)cc2)ccc1OCc1ccccc1. The average Bonchev–Trinajstić information content (AvgIpc) is 3.26. The average molecular weight is 583 g/mol. The van der Waals surface area contributed by atoms with Crippen LogP contribution in [0.2, 0.25) is 0 Å². The minimum absolute atomic E-state index is 0.0413. The Morgan fingerprint density at radius 1 is 0.953 bits per heavy atom. The number of ketones is 1. The number of aliphatic hydroxyl groups excluding tert-OH is 1. The largest absolute Gasteiger partial charge is 0.507 e. The molecule has 1 atom stereocenters. The van der Waals surface area contributed by atoms with Gasteiger partial charge in [0.15, 0.2) is 0 Å². The Morgan fingerprint density at radius 2 is 1.65 bits per heavy atom. The van der Waals surface area contributed by atoms with Crippen LogP contribution in [0.3, 0.4) is 0 Å². The summed E-state index contributed by atoms with van der Waals surface area (Å²) in [5, 5.41) is 11.6. The van der Waals surface area contributed by atoms with E-state index in [1.54, 1.807) is 23.1 Å². The van der Waals surface area contributed by atoms with Crippen LogP contribution in [0.4, 0.5) is 0 Å². The summed E-state index contributed by atoms with van der Waals surface area (Å²) in [6.45, 7) is 13.1. The predicted octanol–water partition coefficient (Wildman–Crippen LogP) is 6.02. The maximum absolute atomic E-state index is 13.6. The van der Waals surface area contributed by atoms with Gasteiger partial charge in [0, 0.05) is 31.7 Å². The second-order valence-electron chi connectivity index (χ2n) is 12.4. The van der Waals surface area contributed by atoms with Crippen molar-refractivity contribution in [3.05, 3.63) is 106 Å². The number of aryl methyl sites for hydroxylation is 1. The lowest BCUT2D eigenvalue weighted by Gasteiger charge is -2.29. The fourth-order valence-electron chi connectivity index (χ4n) is 5.76. The second kappa shape index (κ2) is 13.1. The minimum atomic E-state index is -0.673. The molecule has 0 aromatic heterocycles. The van der Waals surface area contributed by atoms with Crippen molar-refractivity contribution >= 4 is 17.4 Å². The number of amides is 1. The Bertz CT molecular complexity index is 1470. The van der Waals surface area contributed by atoms with Crippen LogP contribution >= 0.6 is 0 Å². The van der Waals surface area contributed by atoms with Crippen molar-refractivity contribution < 1.29 is 24.2 Å². The Labute approximate surface area is 254 Å². The van der Waals surface area contributed by atoms with Crippen LogP contribution in [0.15, 0.2) is 78.4 Å². The summed E-state index contributed by atoms with van der Waals surface area (Å²) >= 11 is 0. The molecule has 0 saturated carbocycles. The van der Waals surface area contributed by atoms with E-state index in [1.165, 1.54) is 0 Å². The molecule has 0 radical (unpaired) electrons. The summed E-state index contributed by atoms with van der Waals surface area (Å²) in [6.07, 6.45) is 0.718. The lowest BCUT2D eigenvalue weighted by molar-refractivity contribution is -0.140. The van der Waals surface area contributed by atoms with Crippen molar-refractivity contribution in [1.29, 1.82) is 0 Å². The minimum Gasteiger partial charge on any atom is -0.507 e. The summed E-state index contributed by atoms with van der Waals surface area (Å²) in [6, 6.07) is 22.6. The standard InChI is InChI=1S/C36H42N2O5/c1-25-23-28(13-16-30(25)43-24-26-9-6-5-7-10-26)33(39)31-32(27-11-14-29(15-12-27)36(2,3)4)38(35(41)34(31)40)18-8-17-37-19-21-42-22-20-37/h5-7,9-16,23,32,39H,8,17-22,24H2,1-4H3/t32-/m0/s1. The van der Waals surface area contributed by atoms with E-state index in [1.807, 2.05) is 61.5 Å². The zero-order valence-electron chi connectivity index (χ0n) is 25.6. The molecule has 2 aliphatic rings. The maximum atomic E-state index is 13.6. The number of hydrogen-bond donors (Lipinski definition) is 1. The molecule has 7 heteroatoms. The van der Waals surface area contributed by atoms with Crippen LogP contribution in [0.25, 0.3) is 5.76 Å². The first-order valence-electron chi connectivity index (χ1n) is 15.1. The number of carbonyl (C=O) groups is 2. The molecule has 226 valence electrons. The normalized spacial score (nSPS) is 19.2. The van der Waals surface area contributed by atoms with E-state index >= 15 is 0 Å². The van der Waals surface area contributed by atoms with Gasteiger partial charge in [0.25, 0.3) is 11.7 Å². The van der Waals surface area contributed by atoms with Gasteiger partial charge < -0.3 is 19.5 Å². The summed E-state index contributed by atoms with van der Waals surface area (Å²) in [4.78, 5) is 31.0. The van der Waals surface area contributed by atoms with Crippen molar-refractivity contribution in [3.63, 3.8) is 0 Å². The van der Waals surface area contributed by atoms with Gasteiger partial charge >= 0.3 is 0 Å². The highest BCUT2D eigenvalue weighted by Crippen LogP contribution is 2.40. The Balaban J connectivity index is 1.44. The highest BCUT2D eigenvalue weighted by molar-refractivity contribution is 6.46. The van der Waals surface area contributed by atoms with Gasteiger partial charge in [-0.05, 0) is 59.2 Å². The summed E-state index contributed by atoms with van der Waals surface area (Å²) < 4.78 is 11.5. The van der Waals surface area contributed by atoms with Crippen LogP contribution in [-0.2, 0) is 26.3 Å². The van der Waals surface area contributed by atoms with Gasteiger partial charge in [-0.1, -0.05) is 75.4 Å². The molecule has 5 rings (SSSR count). The van der Waals surface area contributed by atoms with Gasteiger partial charge in [0.1, 0.15) is 18.1 Å². The molecule has 0 aliphatic carbocycles. The third-order valence-corrected chi connectivity index (χ3v) is 8.30. The van der Waals surface area contributed by atoms with Gasteiger partial charge in [-0.25, -0.2) is 0 Å². The number of nitrogens with zero attached hydrogens (tertiary/aromatic N) is 2. The van der Waals surface area contributed by atoms with E-state index in [0.717, 1.165) is 48.3 Å². The summed E-state index contributed by atoms with van der Waals surface area (Å²) in [7, 11) is 0. The number of aliphatic hydroxyl groups is 1. The highest BCUT2D eigenvalue weighted by Gasteiger charge is 2.46. The first-order valence-corrected chi connectivity index (χ1v) is 15.1. The molecule has 2 heterocycles. The van der Waals surface area contributed by atoms with E-state index in [4.69, 9.17) is 9.47 Å². The number of likely N-dealkylation sites (tertiary alicyclic amines) is 1. The van der Waals surface area contributed by atoms with Crippen molar-refractivity contribution in [2.24, 2.45) is 0 Å². The second-order valence-corrected chi connectivity index (χ2v) is 12.4. The summed E-state index contributed by atoms with van der Waals surface area (Å²) in [5.74, 6) is -0.710. The van der Waals surface area contributed by atoms with Gasteiger partial charge in [0.2, 0.25) is 0 Å². The van der Waals surface area contributed by atoms with Gasteiger partial charge in [-0.15, -0.1) is 0 Å². The Morgan fingerprint density at radius 3 is 2.30 bits per heavy atom. The molecule has 2 saturated heterocycles. The number of Topliss-reactive ketones (excluding diaryl/α,β-unsaturated/α-hetero) is 1. The smallest absolute Gasteiger partial charge is 0.295 e. The maximum Gasteiger partial charge on any atom is 0.295 e. The van der Waals surface area contributed by atoms with E-state index < -0.39 is 17.7 Å². The quantitative estimate of drug-likeness (QED) is 0.189. The Kier molecular flexibility index (Phi) is 9.33. The molecule has 0 spiro atoms. The number of benzene rings is 3. The fraction of sp³-hybridized carbons (Fsp3) is 0.389. The molecule has 1 amide bonds. The van der Waals surface area contributed by atoms with Crippen LogP contribution in [0.5, 0.6) is 5.75 Å². The highest BCUT2D eigenvalue weighted by atomic mass is 16.5. The van der Waals surface area contributed by atoms with Crippen molar-refractivity contribution in [1.82, 2.24) is 9.80 Å². The lowest BCUT2D eigenvalue weighted by atomic mass is 9.85. The Hall–Kier alpha value is -3.94. The first kappa shape index (κ1) is 30.5. The molecule has 0 unspecified atom stereocenters. The molecular weight excluding hydrogens is 540 g/mol. The number of hydrogen-bond acceptors (Lipinski definition) is 6. The molecule has 0 bridgehead atoms. The zero-order chi connectivity index (χ0) is 30.6. The molecule has 1 N–H and O–H groups in total. The van der Waals surface area contributed by atoms with Crippen molar-refractivity contribution in [2.45, 2.75) is 52.2 Å². The molecule has 3 aromatic rings. The predicted molar refractivity (Wildman–Crippen MR) is 168 cm³/mol. The van der Waals surface area contributed by atoms with Crippen LogP contribution < -0.4 is 4.74 Å². The van der Waals surface area contributed by atoms with Gasteiger partial charge in [-0.2, -0.15) is 0 Å². The lowest BCUT2D eigenvalue weighted by Crippen LogP contribution is -2.39. The molecule has 43 heavy (non-hydrogen) atoms. The number of ether oxygens (including phenoxy) is 2. The van der Waals surface area contributed by atoms with Crippen LogP contribution in [-0.4, -0.2) is 66.0 Å². The fourth-order valence-corrected chi connectivity index (χ4v) is 5.76. The molecule has 7 nitrogen and oxygen atoms in total. The van der Waals surface area contributed by atoms with E-state index in [2.05, 4.69) is 25.7 Å². The molecule has 2 aliphatic heterocycles. The number of morpholine rings is 1. The number of rotatable bonds is 9. The monoisotopic (exact) mass is 582 g/mol. The van der Waals surface area contributed by atoms with Gasteiger partial charge in [-0.3, -0.25) is 14.5 Å². The van der Waals surface area contributed by atoms with Crippen molar-refractivity contribution in [3.8, 4) is 5.75 Å². The molecule has 3 aromatic carbocycles. The van der Waals surface area contributed by atoms with Crippen LogP contribution in [0.1, 0.15) is 61.1 Å². The third kappa shape index (κ3) is 7.00.